The summed E-state index contributed by atoms with van der Waals surface area (Å²) in [5.41, 5.74) is 4.42. The topological polar surface area (TPSA) is 73.2 Å². The molecule has 0 saturated carbocycles. The third kappa shape index (κ3) is 4.59. The van der Waals surface area contributed by atoms with Crippen LogP contribution >= 0.6 is 0 Å². The van der Waals surface area contributed by atoms with Gasteiger partial charge in [-0.05, 0) is 50.1 Å². The zero-order valence-electron chi connectivity index (χ0n) is 17.8. The standard InChI is InChI=1S/C24H27N3O3/c1-5-16(3)23(28)25-19-12-9-11-18(14-19)22-15-20(24(29)30-6-2)26-27(22)21-13-8-7-10-17(21)4/h7-16H,5-6H2,1-4H3,(H,25,28)/t16-/m1/s1. The van der Waals surface area contributed by atoms with Crippen LogP contribution in [0, 0.1) is 12.8 Å². The molecule has 0 aliphatic rings. The summed E-state index contributed by atoms with van der Waals surface area (Å²) in [6.07, 6.45) is 0.772. The van der Waals surface area contributed by atoms with Crippen molar-refractivity contribution in [2.75, 3.05) is 11.9 Å². The molecule has 3 rings (SSSR count). The highest BCUT2D eigenvalue weighted by atomic mass is 16.5. The number of aryl methyl sites for hydroxylation is 1. The number of anilines is 1. The fourth-order valence-corrected chi connectivity index (χ4v) is 3.08. The maximum absolute atomic E-state index is 12.3. The number of nitrogens with one attached hydrogen (secondary N) is 1. The van der Waals surface area contributed by atoms with Crippen LogP contribution in [0.25, 0.3) is 16.9 Å². The van der Waals surface area contributed by atoms with Crippen LogP contribution in [0.3, 0.4) is 0 Å². The minimum Gasteiger partial charge on any atom is -0.461 e. The summed E-state index contributed by atoms with van der Waals surface area (Å²) in [6, 6.07) is 17.1. The summed E-state index contributed by atoms with van der Waals surface area (Å²) >= 11 is 0. The summed E-state index contributed by atoms with van der Waals surface area (Å²) in [5, 5.41) is 7.49. The Bertz CT molecular complexity index is 1060. The quantitative estimate of drug-likeness (QED) is 0.561. The van der Waals surface area contributed by atoms with E-state index < -0.39 is 5.97 Å². The first-order chi connectivity index (χ1) is 14.4. The molecule has 0 radical (unpaired) electrons. The Kier molecular flexibility index (Phi) is 6.67. The highest BCUT2D eigenvalue weighted by Gasteiger charge is 2.19. The molecular formula is C24H27N3O3. The van der Waals surface area contributed by atoms with E-state index >= 15 is 0 Å². The molecule has 6 nitrogen and oxygen atoms in total. The molecule has 1 N–H and O–H groups in total. The number of hydrogen-bond donors (Lipinski definition) is 1. The van der Waals surface area contributed by atoms with Crippen LogP contribution < -0.4 is 5.32 Å². The number of ether oxygens (including phenoxy) is 1. The summed E-state index contributed by atoms with van der Waals surface area (Å²) in [6.45, 7) is 7.92. The van der Waals surface area contributed by atoms with Crippen molar-refractivity contribution in [2.45, 2.75) is 34.1 Å². The van der Waals surface area contributed by atoms with Gasteiger partial charge in [0.2, 0.25) is 5.91 Å². The molecule has 0 aliphatic carbocycles. The van der Waals surface area contributed by atoms with Crippen molar-refractivity contribution in [3.05, 3.63) is 65.9 Å². The molecule has 0 spiro atoms. The molecule has 6 heteroatoms. The number of carbonyl (C=O) groups is 2. The largest absolute Gasteiger partial charge is 0.461 e. The lowest BCUT2D eigenvalue weighted by Gasteiger charge is -2.13. The molecule has 1 atom stereocenters. The van der Waals surface area contributed by atoms with Crippen molar-refractivity contribution in [2.24, 2.45) is 5.92 Å². The van der Waals surface area contributed by atoms with Gasteiger partial charge in [0, 0.05) is 17.2 Å². The number of para-hydroxylation sites is 1. The minimum absolute atomic E-state index is 0.0192. The van der Waals surface area contributed by atoms with Gasteiger partial charge in [-0.3, -0.25) is 4.79 Å². The van der Waals surface area contributed by atoms with Gasteiger partial charge in [-0.15, -0.1) is 0 Å². The van der Waals surface area contributed by atoms with E-state index in [0.29, 0.717) is 5.69 Å². The van der Waals surface area contributed by atoms with Crippen LogP contribution in [0.5, 0.6) is 0 Å². The molecule has 1 heterocycles. The van der Waals surface area contributed by atoms with Crippen LogP contribution in [-0.4, -0.2) is 28.3 Å². The summed E-state index contributed by atoms with van der Waals surface area (Å²) in [7, 11) is 0. The SMILES string of the molecule is CCOC(=O)c1cc(-c2cccc(NC(=O)[C@H](C)CC)c2)n(-c2ccccc2C)n1. The van der Waals surface area contributed by atoms with E-state index in [1.807, 2.05) is 69.3 Å². The van der Waals surface area contributed by atoms with Gasteiger partial charge in [0.15, 0.2) is 5.69 Å². The molecule has 0 saturated heterocycles. The number of hydrogen-bond acceptors (Lipinski definition) is 4. The molecule has 3 aromatic rings. The third-order valence-electron chi connectivity index (χ3n) is 5.02. The summed E-state index contributed by atoms with van der Waals surface area (Å²) in [4.78, 5) is 24.6. The number of benzene rings is 2. The second kappa shape index (κ2) is 9.39. The first-order valence-electron chi connectivity index (χ1n) is 10.2. The molecule has 2 aromatic carbocycles. The Morgan fingerprint density at radius 1 is 1.10 bits per heavy atom. The zero-order valence-corrected chi connectivity index (χ0v) is 17.8. The Morgan fingerprint density at radius 3 is 2.57 bits per heavy atom. The smallest absolute Gasteiger partial charge is 0.358 e. The van der Waals surface area contributed by atoms with E-state index in [1.54, 1.807) is 17.7 Å². The van der Waals surface area contributed by atoms with E-state index in [1.165, 1.54) is 0 Å². The first-order valence-corrected chi connectivity index (χ1v) is 10.2. The fourth-order valence-electron chi connectivity index (χ4n) is 3.08. The molecule has 0 aliphatic heterocycles. The van der Waals surface area contributed by atoms with E-state index in [4.69, 9.17) is 4.74 Å². The molecule has 1 amide bonds. The predicted octanol–water partition coefficient (Wildman–Crippen LogP) is 5.01. The van der Waals surface area contributed by atoms with E-state index in [2.05, 4.69) is 10.4 Å². The second-order valence-corrected chi connectivity index (χ2v) is 7.21. The number of carbonyl (C=O) groups excluding carboxylic acids is 2. The number of nitrogens with zero attached hydrogens (tertiary/aromatic N) is 2. The predicted molar refractivity (Wildman–Crippen MR) is 118 cm³/mol. The van der Waals surface area contributed by atoms with Gasteiger partial charge in [-0.2, -0.15) is 5.10 Å². The molecule has 30 heavy (non-hydrogen) atoms. The number of aromatic nitrogens is 2. The van der Waals surface area contributed by atoms with Crippen LogP contribution in [-0.2, 0) is 9.53 Å². The number of esters is 1. The monoisotopic (exact) mass is 405 g/mol. The van der Waals surface area contributed by atoms with Gasteiger partial charge >= 0.3 is 5.97 Å². The Balaban J connectivity index is 2.06. The van der Waals surface area contributed by atoms with Crippen LogP contribution in [0.15, 0.2) is 54.6 Å². The second-order valence-electron chi connectivity index (χ2n) is 7.21. The average Bonchev–Trinajstić information content (AvgIpc) is 3.19. The molecule has 0 bridgehead atoms. The summed E-state index contributed by atoms with van der Waals surface area (Å²) < 4.78 is 6.89. The number of rotatable bonds is 7. The van der Waals surface area contributed by atoms with Gasteiger partial charge in [-0.1, -0.05) is 44.2 Å². The lowest BCUT2D eigenvalue weighted by Crippen LogP contribution is -2.19. The van der Waals surface area contributed by atoms with E-state index in [9.17, 15) is 9.59 Å². The lowest BCUT2D eigenvalue weighted by molar-refractivity contribution is -0.119. The maximum Gasteiger partial charge on any atom is 0.358 e. The van der Waals surface area contributed by atoms with E-state index in [0.717, 1.165) is 28.9 Å². The molecule has 156 valence electrons. The average molecular weight is 405 g/mol. The zero-order chi connectivity index (χ0) is 21.7. The Hall–Kier alpha value is -3.41. The first kappa shape index (κ1) is 21.3. The van der Waals surface area contributed by atoms with Crippen LogP contribution in [0.4, 0.5) is 5.69 Å². The minimum atomic E-state index is -0.465. The van der Waals surface area contributed by atoms with Crippen molar-refractivity contribution in [3.63, 3.8) is 0 Å². The maximum atomic E-state index is 12.3. The van der Waals surface area contributed by atoms with Crippen molar-refractivity contribution in [3.8, 4) is 16.9 Å². The van der Waals surface area contributed by atoms with Gasteiger partial charge in [-0.25, -0.2) is 9.48 Å². The fraction of sp³-hybridized carbons (Fsp3) is 0.292. The molecular weight excluding hydrogens is 378 g/mol. The number of amides is 1. The van der Waals surface area contributed by atoms with Crippen molar-refractivity contribution >= 4 is 17.6 Å². The third-order valence-corrected chi connectivity index (χ3v) is 5.02. The summed E-state index contributed by atoms with van der Waals surface area (Å²) in [5.74, 6) is -0.553. The van der Waals surface area contributed by atoms with Gasteiger partial charge in [0.25, 0.3) is 0 Å². The highest BCUT2D eigenvalue weighted by Crippen LogP contribution is 2.28. The molecule has 0 fully saturated rings. The molecule has 1 aromatic heterocycles. The van der Waals surface area contributed by atoms with Crippen LogP contribution in [0.2, 0.25) is 0 Å². The van der Waals surface area contributed by atoms with Crippen molar-refractivity contribution < 1.29 is 14.3 Å². The van der Waals surface area contributed by atoms with Crippen molar-refractivity contribution in [1.82, 2.24) is 9.78 Å². The Labute approximate surface area is 176 Å². The lowest BCUT2D eigenvalue weighted by atomic mass is 10.1. The normalized spacial score (nSPS) is 11.7. The van der Waals surface area contributed by atoms with E-state index in [-0.39, 0.29) is 24.1 Å². The highest BCUT2D eigenvalue weighted by molar-refractivity contribution is 5.93. The van der Waals surface area contributed by atoms with Gasteiger partial charge < -0.3 is 10.1 Å². The van der Waals surface area contributed by atoms with Gasteiger partial charge in [0.05, 0.1) is 18.0 Å². The van der Waals surface area contributed by atoms with Crippen molar-refractivity contribution in [1.29, 1.82) is 0 Å². The van der Waals surface area contributed by atoms with Crippen LogP contribution in [0.1, 0.15) is 43.2 Å². The van der Waals surface area contributed by atoms with Gasteiger partial charge in [0.1, 0.15) is 0 Å². The Morgan fingerprint density at radius 2 is 1.87 bits per heavy atom. The molecule has 0 unspecified atom stereocenters.